The van der Waals surface area contributed by atoms with Gasteiger partial charge in [0.25, 0.3) is 0 Å². The molecule has 1 aliphatic rings. The van der Waals surface area contributed by atoms with Crippen LogP contribution < -0.4 is 4.74 Å². The summed E-state index contributed by atoms with van der Waals surface area (Å²) in [4.78, 5) is 10.5. The van der Waals surface area contributed by atoms with Gasteiger partial charge in [-0.1, -0.05) is 0 Å². The first-order valence-electron chi connectivity index (χ1n) is 6.50. The van der Waals surface area contributed by atoms with E-state index in [2.05, 4.69) is 0 Å². The Labute approximate surface area is 117 Å². The van der Waals surface area contributed by atoms with Crippen molar-refractivity contribution in [2.24, 2.45) is 0 Å². The minimum atomic E-state index is -3.09. The molecule has 0 bridgehead atoms. The number of carbonyl (C=O) groups is 1. The quantitative estimate of drug-likeness (QED) is 0.801. The zero-order valence-electron chi connectivity index (χ0n) is 11.2. The number of ether oxygens (including phenoxy) is 1. The van der Waals surface area contributed by atoms with Gasteiger partial charge in [-0.3, -0.25) is 4.79 Å². The Morgan fingerprint density at radius 2 is 2.10 bits per heavy atom. The molecule has 0 saturated heterocycles. The molecule has 2 atom stereocenters. The molecule has 0 radical (unpaired) electrons. The molecule has 0 aromatic heterocycles. The molecule has 1 fully saturated rings. The Morgan fingerprint density at radius 3 is 2.70 bits per heavy atom. The van der Waals surface area contributed by atoms with Crippen molar-refractivity contribution in [3.63, 3.8) is 0 Å². The second-order valence-electron chi connectivity index (χ2n) is 5.17. The topological polar surface area (TPSA) is 60.4 Å². The van der Waals surface area contributed by atoms with E-state index in [1.54, 1.807) is 0 Å². The van der Waals surface area contributed by atoms with Crippen molar-refractivity contribution < 1.29 is 22.3 Å². The molecule has 1 aromatic rings. The lowest BCUT2D eigenvalue weighted by Gasteiger charge is -2.28. The van der Waals surface area contributed by atoms with Crippen LogP contribution in [-0.2, 0) is 9.84 Å². The summed E-state index contributed by atoms with van der Waals surface area (Å²) in [5, 5.41) is -0.418. The van der Waals surface area contributed by atoms with Gasteiger partial charge in [0, 0.05) is 18.2 Å². The molecule has 20 heavy (non-hydrogen) atoms. The molecule has 0 heterocycles. The lowest BCUT2D eigenvalue weighted by atomic mass is 9.97. The minimum Gasteiger partial charge on any atom is -0.487 e. The average Bonchev–Trinajstić information content (AvgIpc) is 2.40. The molecule has 6 heteroatoms. The number of carbonyl (C=O) groups excluding carboxylic acids is 1. The first kappa shape index (κ1) is 15.0. The second kappa shape index (κ2) is 5.91. The summed E-state index contributed by atoms with van der Waals surface area (Å²) < 4.78 is 42.4. The third-order valence-corrected chi connectivity index (χ3v) is 5.21. The smallest absolute Gasteiger partial charge is 0.165 e. The molecule has 2 unspecified atom stereocenters. The monoisotopic (exact) mass is 300 g/mol. The molecule has 0 amide bonds. The van der Waals surface area contributed by atoms with Gasteiger partial charge < -0.3 is 4.74 Å². The number of rotatable bonds is 4. The van der Waals surface area contributed by atoms with Crippen molar-refractivity contribution >= 4 is 16.1 Å². The maximum absolute atomic E-state index is 13.7. The molecule has 1 aromatic carbocycles. The molecule has 4 nitrogen and oxygen atoms in total. The summed E-state index contributed by atoms with van der Waals surface area (Å²) in [7, 11) is -3.09. The third-order valence-electron chi connectivity index (χ3n) is 3.57. The first-order valence-corrected chi connectivity index (χ1v) is 8.46. The molecule has 1 saturated carbocycles. The number of sulfone groups is 1. The van der Waals surface area contributed by atoms with Gasteiger partial charge in [-0.05, 0) is 37.5 Å². The van der Waals surface area contributed by atoms with Crippen molar-refractivity contribution in [3.8, 4) is 5.75 Å². The molecular formula is C14H17FO4S. The van der Waals surface area contributed by atoms with Crippen molar-refractivity contribution in [1.29, 1.82) is 0 Å². The summed E-state index contributed by atoms with van der Waals surface area (Å²) in [5.41, 5.74) is 0.243. The number of halogens is 1. The normalized spacial score (nSPS) is 23.3. The zero-order valence-corrected chi connectivity index (χ0v) is 12.0. The van der Waals surface area contributed by atoms with Gasteiger partial charge in [0.15, 0.2) is 11.6 Å². The van der Waals surface area contributed by atoms with Crippen LogP contribution >= 0.6 is 0 Å². The summed E-state index contributed by atoms with van der Waals surface area (Å²) in [6, 6.07) is 3.99. The number of hydrogen-bond acceptors (Lipinski definition) is 4. The fourth-order valence-corrected chi connectivity index (χ4v) is 3.62. The molecule has 0 aliphatic heterocycles. The van der Waals surface area contributed by atoms with Crippen LogP contribution in [0, 0.1) is 5.82 Å². The maximum Gasteiger partial charge on any atom is 0.165 e. The number of aldehydes is 1. The van der Waals surface area contributed by atoms with Gasteiger partial charge in [-0.2, -0.15) is 0 Å². The van der Waals surface area contributed by atoms with E-state index in [-0.39, 0.29) is 17.4 Å². The number of hydrogen-bond donors (Lipinski definition) is 0. The van der Waals surface area contributed by atoms with Crippen LogP contribution in [0.15, 0.2) is 18.2 Å². The summed E-state index contributed by atoms with van der Waals surface area (Å²) >= 11 is 0. The predicted octanol–water partition coefficient (Wildman–Crippen LogP) is 2.37. The van der Waals surface area contributed by atoms with Crippen LogP contribution in [0.2, 0.25) is 0 Å². The number of benzene rings is 1. The summed E-state index contributed by atoms with van der Waals surface area (Å²) in [6.45, 7) is 0. The SMILES string of the molecule is CS(=O)(=O)C1CCCC(Oc2ccc(C=O)cc2F)C1. The van der Waals surface area contributed by atoms with Crippen LogP contribution in [0.3, 0.4) is 0 Å². The Balaban J connectivity index is 2.08. The Bertz CT molecular complexity index is 597. The van der Waals surface area contributed by atoms with Crippen molar-refractivity contribution in [3.05, 3.63) is 29.6 Å². The van der Waals surface area contributed by atoms with Crippen LogP contribution in [-0.4, -0.2) is 32.3 Å². The summed E-state index contributed by atoms with van der Waals surface area (Å²) in [6.07, 6.45) is 3.95. The van der Waals surface area contributed by atoms with Crippen LogP contribution in [0.4, 0.5) is 4.39 Å². The minimum absolute atomic E-state index is 0.0646. The predicted molar refractivity (Wildman–Crippen MR) is 73.3 cm³/mol. The third kappa shape index (κ3) is 3.56. The van der Waals surface area contributed by atoms with Crippen molar-refractivity contribution in [2.75, 3.05) is 6.26 Å². The molecule has 1 aliphatic carbocycles. The van der Waals surface area contributed by atoms with E-state index in [0.717, 1.165) is 12.5 Å². The maximum atomic E-state index is 13.7. The molecular weight excluding hydrogens is 283 g/mol. The van der Waals surface area contributed by atoms with Gasteiger partial charge in [0.2, 0.25) is 0 Å². The highest BCUT2D eigenvalue weighted by Crippen LogP contribution is 2.28. The lowest BCUT2D eigenvalue weighted by Crippen LogP contribution is -2.33. The van der Waals surface area contributed by atoms with Gasteiger partial charge in [0.05, 0.1) is 5.25 Å². The Hall–Kier alpha value is -1.43. The van der Waals surface area contributed by atoms with E-state index < -0.39 is 20.9 Å². The average molecular weight is 300 g/mol. The highest BCUT2D eigenvalue weighted by molar-refractivity contribution is 7.91. The summed E-state index contributed by atoms with van der Waals surface area (Å²) in [5.74, 6) is -0.536. The van der Waals surface area contributed by atoms with Crippen molar-refractivity contribution in [1.82, 2.24) is 0 Å². The largest absolute Gasteiger partial charge is 0.487 e. The fraction of sp³-hybridized carbons (Fsp3) is 0.500. The van der Waals surface area contributed by atoms with Crippen LogP contribution in [0.5, 0.6) is 5.75 Å². The first-order chi connectivity index (χ1) is 9.40. The van der Waals surface area contributed by atoms with Crippen molar-refractivity contribution in [2.45, 2.75) is 37.0 Å². The highest BCUT2D eigenvalue weighted by atomic mass is 32.2. The van der Waals surface area contributed by atoms with E-state index in [9.17, 15) is 17.6 Å². The zero-order chi connectivity index (χ0) is 14.8. The van der Waals surface area contributed by atoms with Gasteiger partial charge >= 0.3 is 0 Å². The van der Waals surface area contributed by atoms with Crippen LogP contribution in [0.25, 0.3) is 0 Å². The van der Waals surface area contributed by atoms with E-state index in [4.69, 9.17) is 4.74 Å². The van der Waals surface area contributed by atoms with E-state index in [1.165, 1.54) is 18.4 Å². The van der Waals surface area contributed by atoms with E-state index in [1.807, 2.05) is 0 Å². The molecule has 0 N–H and O–H groups in total. The standard InChI is InChI=1S/C14H17FO4S/c1-20(17,18)12-4-2-3-11(8-12)19-14-6-5-10(9-16)7-13(14)15/h5-7,9,11-12H,2-4,8H2,1H3. The fourth-order valence-electron chi connectivity index (χ4n) is 2.46. The molecule has 0 spiro atoms. The lowest BCUT2D eigenvalue weighted by molar-refractivity contribution is 0.112. The van der Waals surface area contributed by atoms with Gasteiger partial charge in [0.1, 0.15) is 22.2 Å². The highest BCUT2D eigenvalue weighted by Gasteiger charge is 2.30. The Morgan fingerprint density at radius 1 is 1.35 bits per heavy atom. The van der Waals surface area contributed by atoms with Gasteiger partial charge in [-0.25, -0.2) is 12.8 Å². The van der Waals surface area contributed by atoms with Crippen LogP contribution in [0.1, 0.15) is 36.0 Å². The molecule has 2 rings (SSSR count). The molecule has 110 valence electrons. The van der Waals surface area contributed by atoms with Gasteiger partial charge in [-0.15, -0.1) is 0 Å². The van der Waals surface area contributed by atoms with E-state index in [0.29, 0.717) is 25.5 Å². The van der Waals surface area contributed by atoms with E-state index >= 15 is 0 Å². The Kier molecular flexibility index (Phi) is 4.42. The second-order valence-corrected chi connectivity index (χ2v) is 7.49.